The van der Waals surface area contributed by atoms with Gasteiger partial charge in [-0.2, -0.15) is 0 Å². The maximum Gasteiger partial charge on any atom is 0.240 e. The van der Waals surface area contributed by atoms with Crippen molar-refractivity contribution in [3.05, 3.63) is 29.6 Å². The highest BCUT2D eigenvalue weighted by Crippen LogP contribution is 2.16. The van der Waals surface area contributed by atoms with Gasteiger partial charge in [0, 0.05) is 6.54 Å². The first-order valence-electron chi connectivity index (χ1n) is 5.95. The van der Waals surface area contributed by atoms with Gasteiger partial charge in [0.1, 0.15) is 5.82 Å². The number of rotatable bonds is 4. The van der Waals surface area contributed by atoms with Crippen LogP contribution in [0.3, 0.4) is 0 Å². The molecule has 1 heterocycles. The first-order chi connectivity index (χ1) is 8.49. The molecule has 0 aromatic heterocycles. The third-order valence-electron chi connectivity index (χ3n) is 3.15. The van der Waals surface area contributed by atoms with Crippen LogP contribution in [0.5, 0.6) is 0 Å². The molecular weight excluding hydrogens is 255 g/mol. The Morgan fingerprint density at radius 1 is 1.50 bits per heavy atom. The third-order valence-corrected chi connectivity index (χ3v) is 4.73. The molecule has 18 heavy (non-hydrogen) atoms. The first-order valence-corrected chi connectivity index (χ1v) is 7.44. The number of nitrogens with one attached hydrogen (secondary N) is 2. The van der Waals surface area contributed by atoms with Crippen molar-refractivity contribution in [3.63, 3.8) is 0 Å². The summed E-state index contributed by atoms with van der Waals surface area (Å²) in [5.41, 5.74) is 0.423. The maximum atomic E-state index is 12.9. The van der Waals surface area contributed by atoms with Crippen molar-refractivity contribution in [1.29, 1.82) is 0 Å². The van der Waals surface area contributed by atoms with Crippen LogP contribution in [0.25, 0.3) is 0 Å². The number of aryl methyl sites for hydroxylation is 1. The minimum absolute atomic E-state index is 0.148. The van der Waals surface area contributed by atoms with Crippen LogP contribution in [-0.4, -0.2) is 28.1 Å². The lowest BCUT2D eigenvalue weighted by Gasteiger charge is -2.12. The minimum Gasteiger partial charge on any atom is -0.316 e. The predicted octanol–water partition coefficient (Wildman–Crippen LogP) is 1.02. The molecule has 0 spiro atoms. The average molecular weight is 272 g/mol. The highest BCUT2D eigenvalue weighted by atomic mass is 32.2. The van der Waals surface area contributed by atoms with E-state index in [1.807, 2.05) is 0 Å². The molecule has 0 saturated carbocycles. The number of hydrogen-bond donors (Lipinski definition) is 2. The van der Waals surface area contributed by atoms with Crippen LogP contribution in [0.15, 0.2) is 23.1 Å². The lowest BCUT2D eigenvalue weighted by molar-refractivity contribution is 0.538. The van der Waals surface area contributed by atoms with Crippen molar-refractivity contribution >= 4 is 10.0 Å². The Hall–Kier alpha value is -0.980. The molecule has 1 fully saturated rings. The molecule has 0 bridgehead atoms. The molecule has 0 amide bonds. The number of benzene rings is 1. The van der Waals surface area contributed by atoms with Crippen molar-refractivity contribution in [2.75, 3.05) is 19.6 Å². The average Bonchev–Trinajstić information content (AvgIpc) is 2.78. The Morgan fingerprint density at radius 3 is 2.89 bits per heavy atom. The van der Waals surface area contributed by atoms with Crippen molar-refractivity contribution < 1.29 is 12.8 Å². The van der Waals surface area contributed by atoms with E-state index in [0.29, 0.717) is 18.0 Å². The van der Waals surface area contributed by atoms with E-state index < -0.39 is 15.8 Å². The molecule has 4 nitrogen and oxygen atoms in total. The molecule has 1 aromatic rings. The molecule has 1 unspecified atom stereocenters. The van der Waals surface area contributed by atoms with Gasteiger partial charge in [-0.3, -0.25) is 0 Å². The Kier molecular flexibility index (Phi) is 3.99. The van der Waals surface area contributed by atoms with Crippen LogP contribution >= 0.6 is 0 Å². The Morgan fingerprint density at radius 2 is 2.28 bits per heavy atom. The van der Waals surface area contributed by atoms with Gasteiger partial charge in [-0.25, -0.2) is 17.5 Å². The Balaban J connectivity index is 2.09. The second-order valence-corrected chi connectivity index (χ2v) is 6.36. The number of hydrogen-bond acceptors (Lipinski definition) is 3. The first kappa shape index (κ1) is 13.5. The Labute approximate surface area is 107 Å². The quantitative estimate of drug-likeness (QED) is 0.860. The van der Waals surface area contributed by atoms with Crippen LogP contribution in [0, 0.1) is 18.7 Å². The molecule has 1 atom stereocenters. The summed E-state index contributed by atoms with van der Waals surface area (Å²) in [4.78, 5) is 0.148. The highest BCUT2D eigenvalue weighted by molar-refractivity contribution is 7.89. The van der Waals surface area contributed by atoms with E-state index in [-0.39, 0.29) is 4.90 Å². The lowest BCUT2D eigenvalue weighted by Crippen LogP contribution is -2.30. The smallest absolute Gasteiger partial charge is 0.240 e. The van der Waals surface area contributed by atoms with E-state index in [4.69, 9.17) is 0 Å². The fourth-order valence-corrected chi connectivity index (χ4v) is 3.45. The summed E-state index contributed by atoms with van der Waals surface area (Å²) in [7, 11) is -3.54. The van der Waals surface area contributed by atoms with E-state index in [1.54, 1.807) is 6.92 Å². The summed E-state index contributed by atoms with van der Waals surface area (Å²) in [6.07, 6.45) is 0.977. The maximum absolute atomic E-state index is 12.9. The van der Waals surface area contributed by atoms with Gasteiger partial charge in [-0.15, -0.1) is 0 Å². The normalized spacial score (nSPS) is 20.2. The third kappa shape index (κ3) is 3.07. The molecule has 0 aliphatic carbocycles. The predicted molar refractivity (Wildman–Crippen MR) is 67.3 cm³/mol. The van der Waals surface area contributed by atoms with Crippen molar-refractivity contribution in [1.82, 2.24) is 10.0 Å². The fraction of sp³-hybridized carbons (Fsp3) is 0.500. The van der Waals surface area contributed by atoms with Gasteiger partial charge in [0.15, 0.2) is 0 Å². The van der Waals surface area contributed by atoms with Crippen molar-refractivity contribution in [3.8, 4) is 0 Å². The van der Waals surface area contributed by atoms with E-state index in [9.17, 15) is 12.8 Å². The molecular formula is C12H17FN2O2S. The van der Waals surface area contributed by atoms with Crippen molar-refractivity contribution in [2.45, 2.75) is 18.2 Å². The number of sulfonamides is 1. The van der Waals surface area contributed by atoms with E-state index >= 15 is 0 Å². The van der Waals surface area contributed by atoms with E-state index in [2.05, 4.69) is 10.0 Å². The van der Waals surface area contributed by atoms with Crippen LogP contribution in [-0.2, 0) is 10.0 Å². The molecule has 1 aliphatic rings. The van der Waals surface area contributed by atoms with Gasteiger partial charge in [0.25, 0.3) is 0 Å². The zero-order valence-electron chi connectivity index (χ0n) is 10.2. The zero-order valence-corrected chi connectivity index (χ0v) is 11.1. The molecule has 100 valence electrons. The standard InChI is InChI=1S/C12H17FN2O2S/c1-9-6-11(13)2-3-12(9)18(16,17)15-8-10-4-5-14-7-10/h2-3,6,10,14-15H,4-5,7-8H2,1H3. The number of halogens is 1. The van der Waals surface area contributed by atoms with Gasteiger partial charge < -0.3 is 5.32 Å². The molecule has 2 N–H and O–H groups in total. The zero-order chi connectivity index (χ0) is 13.2. The van der Waals surface area contributed by atoms with Gasteiger partial charge in [-0.05, 0) is 56.1 Å². The Bertz CT molecular complexity index is 525. The topological polar surface area (TPSA) is 58.2 Å². The monoisotopic (exact) mass is 272 g/mol. The van der Waals surface area contributed by atoms with E-state index in [0.717, 1.165) is 19.5 Å². The second-order valence-electron chi connectivity index (χ2n) is 4.62. The van der Waals surface area contributed by atoms with Gasteiger partial charge >= 0.3 is 0 Å². The largest absolute Gasteiger partial charge is 0.316 e. The van der Waals surface area contributed by atoms with Gasteiger partial charge in [0.05, 0.1) is 4.90 Å². The van der Waals surface area contributed by atoms with E-state index in [1.165, 1.54) is 18.2 Å². The summed E-state index contributed by atoms with van der Waals surface area (Å²) in [5.74, 6) is -0.0908. The van der Waals surface area contributed by atoms with Crippen LogP contribution < -0.4 is 10.0 Å². The molecule has 1 aromatic carbocycles. The van der Waals surface area contributed by atoms with Gasteiger partial charge in [-0.1, -0.05) is 0 Å². The SMILES string of the molecule is Cc1cc(F)ccc1S(=O)(=O)NCC1CCNC1. The molecule has 6 heteroatoms. The van der Waals surface area contributed by atoms with Crippen LogP contribution in [0.1, 0.15) is 12.0 Å². The summed E-state index contributed by atoms with van der Waals surface area (Å²) < 4.78 is 39.7. The molecule has 1 aliphatic heterocycles. The van der Waals surface area contributed by atoms with Gasteiger partial charge in [0.2, 0.25) is 10.0 Å². The summed E-state index contributed by atoms with van der Waals surface area (Å²) in [6.45, 7) is 3.79. The van der Waals surface area contributed by atoms with Crippen LogP contribution in [0.4, 0.5) is 4.39 Å². The summed E-state index contributed by atoms with van der Waals surface area (Å²) >= 11 is 0. The summed E-state index contributed by atoms with van der Waals surface area (Å²) in [6, 6.07) is 3.70. The highest BCUT2D eigenvalue weighted by Gasteiger charge is 2.20. The lowest BCUT2D eigenvalue weighted by atomic mass is 10.1. The minimum atomic E-state index is -3.54. The van der Waals surface area contributed by atoms with Crippen molar-refractivity contribution in [2.24, 2.45) is 5.92 Å². The fourth-order valence-electron chi connectivity index (χ4n) is 2.11. The van der Waals surface area contributed by atoms with Crippen LogP contribution in [0.2, 0.25) is 0 Å². The second kappa shape index (κ2) is 5.34. The molecule has 1 saturated heterocycles. The summed E-state index contributed by atoms with van der Waals surface area (Å²) in [5, 5.41) is 3.18. The molecule has 2 rings (SSSR count). The molecule has 0 radical (unpaired) electrons.